The molecule has 0 radical (unpaired) electrons. The minimum Gasteiger partial charge on any atom is -0.336 e. The van der Waals surface area contributed by atoms with Crippen molar-refractivity contribution in [1.29, 1.82) is 0 Å². The van der Waals surface area contributed by atoms with Crippen LogP contribution in [0.4, 0.5) is 0 Å². The smallest absolute Gasteiger partial charge is 0.114 e. The lowest BCUT2D eigenvalue weighted by Gasteiger charge is -2.12. The Morgan fingerprint density at radius 2 is 1.80 bits per heavy atom. The fourth-order valence-corrected chi connectivity index (χ4v) is 2.07. The topological polar surface area (TPSA) is 4.93 Å². The maximum atomic E-state index is 5.43. The Bertz CT molecular complexity index is 511. The molecule has 0 spiro atoms. The second-order valence-corrected chi connectivity index (χ2v) is 4.10. The monoisotopic (exact) mass is 219 g/mol. The van der Waals surface area contributed by atoms with Gasteiger partial charge in [-0.15, -0.1) is 0 Å². The van der Waals surface area contributed by atoms with E-state index in [1.54, 1.807) is 0 Å². The van der Waals surface area contributed by atoms with Gasteiger partial charge in [0.1, 0.15) is 4.64 Å². The van der Waals surface area contributed by atoms with Crippen LogP contribution in [0.5, 0.6) is 0 Å². The average Bonchev–Trinajstić information content (AvgIpc) is 2.18. The highest BCUT2D eigenvalue weighted by molar-refractivity contribution is 7.71. The third-order valence-electron chi connectivity index (χ3n) is 2.40. The predicted octanol–water partition coefficient (Wildman–Crippen LogP) is 4.59. The highest BCUT2D eigenvalue weighted by Crippen LogP contribution is 2.17. The van der Waals surface area contributed by atoms with Crippen LogP contribution in [0, 0.1) is 4.64 Å². The molecule has 0 aliphatic heterocycles. The first-order chi connectivity index (χ1) is 6.70. The van der Waals surface area contributed by atoms with Gasteiger partial charge in [-0.2, -0.15) is 0 Å². The van der Waals surface area contributed by atoms with E-state index in [0.29, 0.717) is 6.04 Å². The number of nitrogens with zero attached hydrogens (tertiary/aromatic N) is 1. The Kier molecular flexibility index (Phi) is 3.64. The van der Waals surface area contributed by atoms with E-state index in [1.165, 1.54) is 10.8 Å². The molecule has 2 heteroatoms. The van der Waals surface area contributed by atoms with Gasteiger partial charge < -0.3 is 4.57 Å². The zero-order chi connectivity index (χ0) is 10.1. The van der Waals surface area contributed by atoms with Gasteiger partial charge in [-0.1, -0.05) is 43.9 Å². The molecule has 15 heavy (non-hydrogen) atoms. The van der Waals surface area contributed by atoms with Crippen LogP contribution in [0.25, 0.3) is 10.8 Å². The maximum Gasteiger partial charge on any atom is 0.114 e. The molecule has 0 N–H and O–H groups in total. The quantitative estimate of drug-likeness (QED) is 0.635. The molecule has 0 saturated carbocycles. The zero-order valence-electron chi connectivity index (χ0n) is 8.40. The van der Waals surface area contributed by atoms with Crippen molar-refractivity contribution in [3.8, 4) is 0 Å². The van der Waals surface area contributed by atoms with E-state index < -0.39 is 0 Å². The van der Waals surface area contributed by atoms with Crippen molar-refractivity contribution in [2.24, 2.45) is 0 Å². The Balaban J connectivity index is 0.00000112. The Morgan fingerprint density at radius 1 is 1.13 bits per heavy atom. The molecule has 1 aromatic carbocycles. The summed E-state index contributed by atoms with van der Waals surface area (Å²) in [5, 5.41) is 2.38. The summed E-state index contributed by atoms with van der Waals surface area (Å²) >= 11 is 5.43. The molecule has 0 fully saturated rings. The Morgan fingerprint density at radius 3 is 2.47 bits per heavy atom. The van der Waals surface area contributed by atoms with Gasteiger partial charge in [0.05, 0.1) is 0 Å². The lowest BCUT2D eigenvalue weighted by atomic mass is 10.2. The van der Waals surface area contributed by atoms with E-state index in [-0.39, 0.29) is 7.43 Å². The number of rotatable bonds is 1. The molecule has 1 aromatic heterocycles. The summed E-state index contributed by atoms with van der Waals surface area (Å²) in [4.78, 5) is 0. The van der Waals surface area contributed by atoms with Crippen LogP contribution in [0.15, 0.2) is 36.5 Å². The summed E-state index contributed by atoms with van der Waals surface area (Å²) in [5.41, 5.74) is 0. The lowest BCUT2D eigenvalue weighted by Crippen LogP contribution is -2.02. The number of hydrogen-bond donors (Lipinski definition) is 0. The van der Waals surface area contributed by atoms with E-state index in [9.17, 15) is 0 Å². The van der Waals surface area contributed by atoms with Gasteiger partial charge in [0, 0.05) is 17.6 Å². The summed E-state index contributed by atoms with van der Waals surface area (Å²) < 4.78 is 3.05. The number of fused-ring (bicyclic) bond motifs is 1. The first-order valence-corrected chi connectivity index (χ1v) is 5.21. The van der Waals surface area contributed by atoms with E-state index in [1.807, 2.05) is 12.1 Å². The zero-order valence-corrected chi connectivity index (χ0v) is 9.21. The van der Waals surface area contributed by atoms with E-state index in [4.69, 9.17) is 12.2 Å². The maximum absolute atomic E-state index is 5.43. The SMILES string of the molecule is C.CC(C)n1ccc2ccccc2c1=S. The Labute approximate surface area is 96.4 Å². The molecule has 0 aliphatic rings. The van der Waals surface area contributed by atoms with E-state index >= 15 is 0 Å². The first-order valence-electron chi connectivity index (χ1n) is 4.80. The van der Waals surface area contributed by atoms with Gasteiger partial charge in [-0.25, -0.2) is 0 Å². The molecule has 0 unspecified atom stereocenters. The number of benzene rings is 1. The van der Waals surface area contributed by atoms with Crippen LogP contribution in [0.2, 0.25) is 0 Å². The van der Waals surface area contributed by atoms with Crippen molar-refractivity contribution in [2.75, 3.05) is 0 Å². The molecule has 0 atom stereocenters. The molecule has 0 saturated heterocycles. The predicted molar refractivity (Wildman–Crippen MR) is 69.9 cm³/mol. The number of pyridine rings is 1. The van der Waals surface area contributed by atoms with Gasteiger partial charge in [0.25, 0.3) is 0 Å². The van der Waals surface area contributed by atoms with Crippen molar-refractivity contribution >= 4 is 23.0 Å². The first kappa shape index (κ1) is 11.9. The highest BCUT2D eigenvalue weighted by Gasteiger charge is 2.00. The molecule has 2 aromatic rings. The van der Waals surface area contributed by atoms with Gasteiger partial charge >= 0.3 is 0 Å². The molecular weight excluding hydrogens is 202 g/mol. The molecule has 1 heterocycles. The van der Waals surface area contributed by atoms with Gasteiger partial charge in [0.2, 0.25) is 0 Å². The van der Waals surface area contributed by atoms with Crippen molar-refractivity contribution in [3.05, 3.63) is 41.2 Å². The average molecular weight is 219 g/mol. The third kappa shape index (κ3) is 2.10. The van der Waals surface area contributed by atoms with Crippen molar-refractivity contribution in [2.45, 2.75) is 27.3 Å². The van der Waals surface area contributed by atoms with Gasteiger partial charge in [-0.3, -0.25) is 0 Å². The fourth-order valence-electron chi connectivity index (χ4n) is 1.61. The van der Waals surface area contributed by atoms with Crippen molar-refractivity contribution < 1.29 is 0 Å². The van der Waals surface area contributed by atoms with Gasteiger partial charge in [-0.05, 0) is 25.3 Å². The van der Waals surface area contributed by atoms with E-state index in [2.05, 4.69) is 42.8 Å². The fraction of sp³-hybridized carbons (Fsp3) is 0.308. The molecule has 0 amide bonds. The highest BCUT2D eigenvalue weighted by atomic mass is 32.1. The molecule has 80 valence electrons. The summed E-state index contributed by atoms with van der Waals surface area (Å²) in [6, 6.07) is 10.8. The number of hydrogen-bond acceptors (Lipinski definition) is 1. The normalized spacial score (nSPS) is 10.3. The van der Waals surface area contributed by atoms with Crippen LogP contribution in [0.1, 0.15) is 27.3 Å². The second kappa shape index (κ2) is 4.58. The summed E-state index contributed by atoms with van der Waals surface area (Å²) in [6.07, 6.45) is 2.06. The molecule has 0 aliphatic carbocycles. The minimum atomic E-state index is 0. The van der Waals surface area contributed by atoms with Crippen LogP contribution >= 0.6 is 12.2 Å². The Hall–Kier alpha value is -1.15. The summed E-state index contributed by atoms with van der Waals surface area (Å²) in [7, 11) is 0. The number of aromatic nitrogens is 1. The summed E-state index contributed by atoms with van der Waals surface area (Å²) in [6.45, 7) is 4.29. The largest absolute Gasteiger partial charge is 0.336 e. The standard InChI is InChI=1S/C12H13NS.CH4/c1-9(2)13-8-7-10-5-3-4-6-11(10)12(13)14;/h3-9H,1-2H3;1H4. The summed E-state index contributed by atoms with van der Waals surface area (Å²) in [5.74, 6) is 0. The van der Waals surface area contributed by atoms with E-state index in [0.717, 1.165) is 4.64 Å². The van der Waals surface area contributed by atoms with Gasteiger partial charge in [0.15, 0.2) is 0 Å². The minimum absolute atomic E-state index is 0. The van der Waals surface area contributed by atoms with Crippen LogP contribution < -0.4 is 0 Å². The second-order valence-electron chi connectivity index (χ2n) is 3.71. The molecule has 0 bridgehead atoms. The van der Waals surface area contributed by atoms with Crippen LogP contribution in [-0.2, 0) is 0 Å². The third-order valence-corrected chi connectivity index (χ3v) is 2.83. The molecule has 1 nitrogen and oxygen atoms in total. The van der Waals surface area contributed by atoms with Crippen molar-refractivity contribution in [1.82, 2.24) is 4.57 Å². The van der Waals surface area contributed by atoms with Crippen LogP contribution in [-0.4, -0.2) is 4.57 Å². The van der Waals surface area contributed by atoms with Crippen molar-refractivity contribution in [3.63, 3.8) is 0 Å². The molecule has 2 rings (SSSR count). The lowest BCUT2D eigenvalue weighted by molar-refractivity contribution is 0.593. The molecular formula is C13H17NS. The van der Waals surface area contributed by atoms with Crippen LogP contribution in [0.3, 0.4) is 0 Å².